The number of nitrogens with zero attached hydrogens (tertiary/aromatic N) is 3. The summed E-state index contributed by atoms with van der Waals surface area (Å²) in [5.41, 5.74) is 2.21. The minimum Gasteiger partial charge on any atom is -0.467 e. The molecule has 8 nitrogen and oxygen atoms in total. The Morgan fingerprint density at radius 1 is 1.23 bits per heavy atom. The molecule has 0 aliphatic carbocycles. The highest BCUT2D eigenvalue weighted by molar-refractivity contribution is 5.98. The van der Waals surface area contributed by atoms with Gasteiger partial charge < -0.3 is 24.2 Å². The number of carbonyl (C=O) groups is 2. The van der Waals surface area contributed by atoms with Crippen molar-refractivity contribution in [1.82, 2.24) is 24.8 Å². The molecule has 0 fully saturated rings. The Morgan fingerprint density at radius 3 is 2.90 bits per heavy atom. The maximum absolute atomic E-state index is 13.2. The van der Waals surface area contributed by atoms with Crippen LogP contribution in [0.25, 0.3) is 10.9 Å². The van der Waals surface area contributed by atoms with Gasteiger partial charge >= 0.3 is 0 Å². The predicted octanol–water partition coefficient (Wildman–Crippen LogP) is 3.03. The molecule has 31 heavy (non-hydrogen) atoms. The van der Waals surface area contributed by atoms with E-state index in [2.05, 4.69) is 15.3 Å². The molecule has 0 spiro atoms. The SMILES string of the molecule is CC1c2nc(CC(=O)NCc3ccco3)cn2CCN1C(=O)c1cc2ccccc2[nH]1. The van der Waals surface area contributed by atoms with Crippen LogP contribution in [0.5, 0.6) is 0 Å². The molecule has 8 heteroatoms. The average molecular weight is 417 g/mol. The number of carbonyl (C=O) groups excluding carboxylic acids is 2. The second-order valence-corrected chi connectivity index (χ2v) is 7.76. The molecule has 0 saturated carbocycles. The Kier molecular flexibility index (Phi) is 4.82. The Hall–Kier alpha value is -3.81. The van der Waals surface area contributed by atoms with Crippen molar-refractivity contribution in [2.24, 2.45) is 0 Å². The summed E-state index contributed by atoms with van der Waals surface area (Å²) in [6.07, 6.45) is 3.67. The zero-order valence-corrected chi connectivity index (χ0v) is 17.2. The summed E-state index contributed by atoms with van der Waals surface area (Å²) in [6.45, 7) is 3.55. The zero-order chi connectivity index (χ0) is 21.4. The average Bonchev–Trinajstić information content (AvgIpc) is 3.51. The third kappa shape index (κ3) is 3.72. The molecule has 1 aromatic carbocycles. The number of fused-ring (bicyclic) bond motifs is 2. The van der Waals surface area contributed by atoms with Gasteiger partial charge in [0.1, 0.15) is 17.3 Å². The second-order valence-electron chi connectivity index (χ2n) is 7.76. The Balaban J connectivity index is 1.28. The van der Waals surface area contributed by atoms with E-state index < -0.39 is 0 Å². The number of furan rings is 1. The number of hydrogen-bond acceptors (Lipinski definition) is 4. The summed E-state index contributed by atoms with van der Waals surface area (Å²) in [6, 6.07) is 13.1. The lowest BCUT2D eigenvalue weighted by Crippen LogP contribution is -2.41. The van der Waals surface area contributed by atoms with Crippen molar-refractivity contribution >= 4 is 22.7 Å². The maximum Gasteiger partial charge on any atom is 0.270 e. The molecule has 3 aromatic heterocycles. The first-order chi connectivity index (χ1) is 15.1. The van der Waals surface area contributed by atoms with Crippen LogP contribution < -0.4 is 5.32 Å². The number of nitrogens with one attached hydrogen (secondary N) is 2. The summed E-state index contributed by atoms with van der Waals surface area (Å²) < 4.78 is 7.27. The molecule has 1 unspecified atom stereocenters. The monoisotopic (exact) mass is 417 g/mol. The fraction of sp³-hybridized carbons (Fsp3) is 0.261. The molecule has 1 atom stereocenters. The number of amides is 2. The van der Waals surface area contributed by atoms with Crippen LogP contribution in [0.1, 0.15) is 40.7 Å². The Bertz CT molecular complexity index is 1200. The molecule has 158 valence electrons. The summed E-state index contributed by atoms with van der Waals surface area (Å²) in [5.74, 6) is 1.34. The normalized spacial score (nSPS) is 15.8. The lowest BCUT2D eigenvalue weighted by Gasteiger charge is -2.33. The van der Waals surface area contributed by atoms with Crippen molar-refractivity contribution in [3.05, 3.63) is 77.9 Å². The van der Waals surface area contributed by atoms with Gasteiger partial charge in [-0.15, -0.1) is 0 Å². The molecule has 2 amide bonds. The number of imidazole rings is 1. The number of aromatic nitrogens is 3. The Morgan fingerprint density at radius 2 is 2.10 bits per heavy atom. The maximum atomic E-state index is 13.2. The van der Waals surface area contributed by atoms with Crippen LogP contribution in [0.3, 0.4) is 0 Å². The summed E-state index contributed by atoms with van der Waals surface area (Å²) in [4.78, 5) is 35.1. The highest BCUT2D eigenvalue weighted by Crippen LogP contribution is 2.27. The topological polar surface area (TPSA) is 96.2 Å². The fourth-order valence-corrected chi connectivity index (χ4v) is 4.08. The largest absolute Gasteiger partial charge is 0.467 e. The fourth-order valence-electron chi connectivity index (χ4n) is 4.08. The number of benzene rings is 1. The molecule has 4 heterocycles. The van der Waals surface area contributed by atoms with E-state index in [-0.39, 0.29) is 24.3 Å². The van der Waals surface area contributed by atoms with Crippen LogP contribution >= 0.6 is 0 Å². The molecular formula is C23H23N5O3. The third-order valence-corrected chi connectivity index (χ3v) is 5.68. The summed E-state index contributed by atoms with van der Waals surface area (Å²) in [5, 5.41) is 3.85. The van der Waals surface area contributed by atoms with Gasteiger partial charge in [0.15, 0.2) is 0 Å². The molecule has 0 saturated heterocycles. The van der Waals surface area contributed by atoms with E-state index in [4.69, 9.17) is 4.42 Å². The molecule has 1 aliphatic heterocycles. The zero-order valence-electron chi connectivity index (χ0n) is 17.2. The van der Waals surface area contributed by atoms with Crippen molar-refractivity contribution in [1.29, 1.82) is 0 Å². The molecule has 0 radical (unpaired) electrons. The van der Waals surface area contributed by atoms with Gasteiger partial charge in [0.2, 0.25) is 5.91 Å². The quantitative estimate of drug-likeness (QED) is 0.522. The smallest absolute Gasteiger partial charge is 0.270 e. The van der Waals surface area contributed by atoms with E-state index in [0.29, 0.717) is 36.8 Å². The number of hydrogen-bond donors (Lipinski definition) is 2. The van der Waals surface area contributed by atoms with Gasteiger partial charge in [-0.25, -0.2) is 4.98 Å². The lowest BCUT2D eigenvalue weighted by atomic mass is 10.2. The van der Waals surface area contributed by atoms with Crippen LogP contribution in [0.4, 0.5) is 0 Å². The van der Waals surface area contributed by atoms with Crippen molar-refractivity contribution in [3.63, 3.8) is 0 Å². The van der Waals surface area contributed by atoms with Crippen molar-refractivity contribution in [3.8, 4) is 0 Å². The highest BCUT2D eigenvalue weighted by atomic mass is 16.3. The van der Waals surface area contributed by atoms with E-state index >= 15 is 0 Å². The van der Waals surface area contributed by atoms with Gasteiger partial charge in [-0.05, 0) is 31.2 Å². The lowest BCUT2D eigenvalue weighted by molar-refractivity contribution is -0.120. The van der Waals surface area contributed by atoms with Crippen molar-refractivity contribution in [2.75, 3.05) is 6.54 Å². The van der Waals surface area contributed by atoms with Gasteiger partial charge in [0, 0.05) is 30.2 Å². The van der Waals surface area contributed by atoms with E-state index in [1.165, 1.54) is 0 Å². The van der Waals surface area contributed by atoms with Gasteiger partial charge in [-0.2, -0.15) is 0 Å². The van der Waals surface area contributed by atoms with E-state index in [1.54, 1.807) is 12.3 Å². The molecule has 2 N–H and O–H groups in total. The van der Waals surface area contributed by atoms with Crippen LogP contribution in [-0.4, -0.2) is 37.8 Å². The summed E-state index contributed by atoms with van der Waals surface area (Å²) in [7, 11) is 0. The van der Waals surface area contributed by atoms with E-state index in [9.17, 15) is 9.59 Å². The summed E-state index contributed by atoms with van der Waals surface area (Å²) >= 11 is 0. The number of para-hydroxylation sites is 1. The van der Waals surface area contributed by atoms with Crippen LogP contribution in [0.2, 0.25) is 0 Å². The van der Waals surface area contributed by atoms with Crippen LogP contribution in [0, 0.1) is 0 Å². The van der Waals surface area contributed by atoms with E-state index in [1.807, 2.05) is 59.0 Å². The molecule has 1 aliphatic rings. The minimum absolute atomic E-state index is 0.0457. The number of H-pyrrole nitrogens is 1. The first kappa shape index (κ1) is 19.2. The van der Waals surface area contributed by atoms with E-state index in [0.717, 1.165) is 16.7 Å². The van der Waals surface area contributed by atoms with Gasteiger partial charge in [-0.1, -0.05) is 18.2 Å². The number of rotatable bonds is 5. The van der Waals surface area contributed by atoms with Crippen LogP contribution in [-0.2, 0) is 24.3 Å². The van der Waals surface area contributed by atoms with Gasteiger partial charge in [0.25, 0.3) is 5.91 Å². The first-order valence-corrected chi connectivity index (χ1v) is 10.3. The van der Waals surface area contributed by atoms with Crippen LogP contribution in [0.15, 0.2) is 59.3 Å². The minimum atomic E-state index is -0.187. The third-order valence-electron chi connectivity index (χ3n) is 5.68. The van der Waals surface area contributed by atoms with Crippen molar-refractivity contribution < 1.29 is 14.0 Å². The predicted molar refractivity (Wildman–Crippen MR) is 114 cm³/mol. The molecular weight excluding hydrogens is 394 g/mol. The number of aromatic amines is 1. The highest BCUT2D eigenvalue weighted by Gasteiger charge is 2.31. The van der Waals surface area contributed by atoms with Gasteiger partial charge in [-0.3, -0.25) is 9.59 Å². The standard InChI is InChI=1S/C23H23N5O3/c1-15-22-25-17(12-21(29)24-13-18-6-4-10-31-18)14-27(22)8-9-28(15)23(30)20-11-16-5-2-3-7-19(16)26-20/h2-7,10-11,14-15,26H,8-9,12-13H2,1H3,(H,24,29). The second kappa shape index (κ2) is 7.79. The molecule has 0 bridgehead atoms. The molecule has 4 aromatic rings. The Labute approximate surface area is 178 Å². The van der Waals surface area contributed by atoms with Crippen molar-refractivity contribution in [2.45, 2.75) is 32.5 Å². The van der Waals surface area contributed by atoms with Gasteiger partial charge in [0.05, 0.1) is 31.0 Å². The first-order valence-electron chi connectivity index (χ1n) is 10.3. The molecule has 5 rings (SSSR count).